The summed E-state index contributed by atoms with van der Waals surface area (Å²) in [5.41, 5.74) is 1.93. The van der Waals surface area contributed by atoms with Crippen molar-refractivity contribution in [3.8, 4) is 0 Å². The molecule has 0 amide bonds. The van der Waals surface area contributed by atoms with Crippen LogP contribution in [0.4, 0.5) is 0 Å². The van der Waals surface area contributed by atoms with Crippen molar-refractivity contribution in [3.05, 3.63) is 24.2 Å². The molecule has 0 aromatic carbocycles. The van der Waals surface area contributed by atoms with E-state index in [9.17, 15) is 0 Å². The third kappa shape index (κ3) is 1.69. The zero-order valence-electron chi connectivity index (χ0n) is 10.2. The summed E-state index contributed by atoms with van der Waals surface area (Å²) in [4.78, 5) is 9.06. The van der Waals surface area contributed by atoms with Crippen LogP contribution in [0.1, 0.15) is 38.7 Å². The normalized spacial score (nSPS) is 13.6. The maximum absolute atomic E-state index is 4.64. The Morgan fingerprint density at radius 1 is 1.31 bits per heavy atom. The first kappa shape index (κ1) is 11.1. The second-order valence-electron chi connectivity index (χ2n) is 4.29. The molecule has 0 bridgehead atoms. The molecular weight excluding hydrogens is 200 g/mol. The van der Waals surface area contributed by atoms with Gasteiger partial charge in [-0.05, 0) is 40.0 Å². The van der Waals surface area contributed by atoms with Gasteiger partial charge in [0.25, 0.3) is 0 Å². The minimum absolute atomic E-state index is 0.233. The summed E-state index contributed by atoms with van der Waals surface area (Å²) in [7, 11) is 1.95. The summed E-state index contributed by atoms with van der Waals surface area (Å²) in [6.07, 6.45) is 1.82. The molecule has 2 aromatic heterocycles. The Morgan fingerprint density at radius 3 is 2.69 bits per heavy atom. The quantitative estimate of drug-likeness (QED) is 0.859. The van der Waals surface area contributed by atoms with Crippen molar-refractivity contribution >= 4 is 11.2 Å². The van der Waals surface area contributed by atoms with Crippen LogP contribution in [0.3, 0.4) is 0 Å². The Hall–Kier alpha value is -1.42. The summed E-state index contributed by atoms with van der Waals surface area (Å²) in [6.45, 7) is 6.42. The van der Waals surface area contributed by atoms with Crippen LogP contribution in [0.15, 0.2) is 18.3 Å². The van der Waals surface area contributed by atoms with Gasteiger partial charge >= 0.3 is 0 Å². The van der Waals surface area contributed by atoms with Crippen LogP contribution >= 0.6 is 0 Å². The molecule has 1 N–H and O–H groups in total. The Kier molecular flexibility index (Phi) is 2.92. The molecule has 0 fully saturated rings. The third-order valence-corrected chi connectivity index (χ3v) is 2.81. The molecule has 0 aliphatic heterocycles. The van der Waals surface area contributed by atoms with Gasteiger partial charge in [0.1, 0.15) is 11.3 Å². The van der Waals surface area contributed by atoms with E-state index in [4.69, 9.17) is 0 Å². The summed E-state index contributed by atoms with van der Waals surface area (Å²) in [5, 5.41) is 3.23. The highest BCUT2D eigenvalue weighted by Crippen LogP contribution is 2.22. The molecule has 86 valence electrons. The molecule has 2 aromatic rings. The fourth-order valence-corrected chi connectivity index (χ4v) is 1.89. The minimum Gasteiger partial charge on any atom is -0.311 e. The van der Waals surface area contributed by atoms with E-state index in [2.05, 4.69) is 40.6 Å². The van der Waals surface area contributed by atoms with Gasteiger partial charge in [0.2, 0.25) is 0 Å². The Labute approximate surface area is 95.7 Å². The molecule has 0 aliphatic carbocycles. The van der Waals surface area contributed by atoms with E-state index in [1.807, 2.05) is 25.4 Å². The van der Waals surface area contributed by atoms with Crippen molar-refractivity contribution in [2.45, 2.75) is 32.9 Å². The summed E-state index contributed by atoms with van der Waals surface area (Å²) >= 11 is 0. The zero-order valence-corrected chi connectivity index (χ0v) is 10.2. The van der Waals surface area contributed by atoms with Gasteiger partial charge in [-0.1, -0.05) is 0 Å². The molecule has 16 heavy (non-hydrogen) atoms. The molecule has 0 radical (unpaired) electrons. The number of imidazole rings is 1. The molecule has 0 saturated heterocycles. The number of rotatable bonds is 3. The number of hydrogen-bond donors (Lipinski definition) is 1. The number of hydrogen-bond acceptors (Lipinski definition) is 3. The third-order valence-electron chi connectivity index (χ3n) is 2.81. The lowest BCUT2D eigenvalue weighted by Crippen LogP contribution is -2.19. The van der Waals surface area contributed by atoms with Gasteiger partial charge in [-0.15, -0.1) is 0 Å². The second-order valence-corrected chi connectivity index (χ2v) is 4.29. The van der Waals surface area contributed by atoms with Crippen LogP contribution < -0.4 is 5.32 Å². The first-order valence-electron chi connectivity index (χ1n) is 5.65. The van der Waals surface area contributed by atoms with Crippen LogP contribution in [-0.4, -0.2) is 21.6 Å². The van der Waals surface area contributed by atoms with Crippen LogP contribution in [0, 0.1) is 0 Å². The van der Waals surface area contributed by atoms with Crippen molar-refractivity contribution in [1.29, 1.82) is 0 Å². The van der Waals surface area contributed by atoms with Crippen LogP contribution in [0.2, 0.25) is 0 Å². The van der Waals surface area contributed by atoms with E-state index in [-0.39, 0.29) is 6.04 Å². The number of fused-ring (bicyclic) bond motifs is 1. The fraction of sp³-hybridized carbons (Fsp3) is 0.500. The van der Waals surface area contributed by atoms with E-state index in [1.54, 1.807) is 0 Å². The van der Waals surface area contributed by atoms with Crippen molar-refractivity contribution in [2.75, 3.05) is 7.05 Å². The van der Waals surface area contributed by atoms with Crippen molar-refractivity contribution in [3.63, 3.8) is 0 Å². The molecule has 2 rings (SSSR count). The maximum atomic E-state index is 4.64. The predicted octanol–water partition coefficient (Wildman–Crippen LogP) is 2.29. The summed E-state index contributed by atoms with van der Waals surface area (Å²) in [6, 6.07) is 4.53. The first-order valence-corrected chi connectivity index (χ1v) is 5.65. The van der Waals surface area contributed by atoms with E-state index in [0.717, 1.165) is 17.0 Å². The minimum atomic E-state index is 0.233. The van der Waals surface area contributed by atoms with Gasteiger partial charge in [-0.3, -0.25) is 0 Å². The predicted molar refractivity (Wildman–Crippen MR) is 65.4 cm³/mol. The monoisotopic (exact) mass is 218 g/mol. The van der Waals surface area contributed by atoms with Gasteiger partial charge in [0.15, 0.2) is 5.65 Å². The summed E-state index contributed by atoms with van der Waals surface area (Å²) in [5.74, 6) is 1.05. The maximum Gasteiger partial charge on any atom is 0.160 e. The van der Waals surface area contributed by atoms with Crippen molar-refractivity contribution in [2.24, 2.45) is 0 Å². The van der Waals surface area contributed by atoms with E-state index >= 15 is 0 Å². The van der Waals surface area contributed by atoms with Crippen LogP contribution in [0.25, 0.3) is 11.2 Å². The summed E-state index contributed by atoms with van der Waals surface area (Å²) < 4.78 is 2.19. The number of nitrogens with zero attached hydrogens (tertiary/aromatic N) is 3. The molecule has 0 spiro atoms. The average Bonchev–Trinajstić information content (AvgIpc) is 2.67. The van der Waals surface area contributed by atoms with Gasteiger partial charge in [-0.2, -0.15) is 0 Å². The standard InChI is InChI=1S/C12H18N4/c1-8(2)16-11(9(3)13-4)15-10-6-5-7-14-12(10)16/h5-9,13H,1-4H3. The molecule has 0 saturated carbocycles. The molecule has 1 unspecified atom stereocenters. The van der Waals surface area contributed by atoms with E-state index in [1.165, 1.54) is 0 Å². The highest BCUT2D eigenvalue weighted by Gasteiger charge is 2.17. The average molecular weight is 218 g/mol. The van der Waals surface area contributed by atoms with Crippen LogP contribution in [-0.2, 0) is 0 Å². The molecule has 0 aliphatic rings. The van der Waals surface area contributed by atoms with Crippen molar-refractivity contribution < 1.29 is 0 Å². The highest BCUT2D eigenvalue weighted by molar-refractivity contribution is 5.71. The Bertz CT molecular complexity index is 487. The Morgan fingerprint density at radius 2 is 2.06 bits per heavy atom. The molecule has 4 nitrogen and oxygen atoms in total. The van der Waals surface area contributed by atoms with Gasteiger partial charge in [0.05, 0.1) is 6.04 Å². The lowest BCUT2D eigenvalue weighted by molar-refractivity contribution is 0.518. The number of pyridine rings is 1. The smallest absolute Gasteiger partial charge is 0.160 e. The van der Waals surface area contributed by atoms with Gasteiger partial charge in [-0.25, -0.2) is 9.97 Å². The first-order chi connectivity index (χ1) is 7.65. The van der Waals surface area contributed by atoms with E-state index < -0.39 is 0 Å². The molecular formula is C12H18N4. The topological polar surface area (TPSA) is 42.7 Å². The molecule has 2 heterocycles. The largest absolute Gasteiger partial charge is 0.311 e. The lowest BCUT2D eigenvalue weighted by Gasteiger charge is -2.16. The molecule has 4 heteroatoms. The van der Waals surface area contributed by atoms with Gasteiger partial charge in [0, 0.05) is 12.2 Å². The van der Waals surface area contributed by atoms with Crippen molar-refractivity contribution in [1.82, 2.24) is 19.9 Å². The lowest BCUT2D eigenvalue weighted by atomic mass is 10.3. The fourth-order valence-electron chi connectivity index (χ4n) is 1.89. The van der Waals surface area contributed by atoms with Gasteiger partial charge < -0.3 is 9.88 Å². The Balaban J connectivity index is 2.68. The second kappa shape index (κ2) is 4.22. The number of nitrogens with one attached hydrogen (secondary N) is 1. The van der Waals surface area contributed by atoms with E-state index in [0.29, 0.717) is 6.04 Å². The zero-order chi connectivity index (χ0) is 11.7. The SMILES string of the molecule is CNC(C)c1nc2cccnc2n1C(C)C. The molecule has 1 atom stereocenters. The number of aromatic nitrogens is 3. The van der Waals surface area contributed by atoms with Crippen LogP contribution in [0.5, 0.6) is 0 Å². The highest BCUT2D eigenvalue weighted by atomic mass is 15.2.